The number of fused-ring (bicyclic) bond motifs is 15. The fourth-order valence-electron chi connectivity index (χ4n) is 9.98. The second kappa shape index (κ2) is 11.4. The Labute approximate surface area is 312 Å². The van der Waals surface area contributed by atoms with Crippen LogP contribution < -0.4 is 0 Å². The number of pyridine rings is 2. The monoisotopic (exact) mass is 686 g/mol. The second-order valence-corrected chi connectivity index (χ2v) is 15.0. The van der Waals surface area contributed by atoms with E-state index in [4.69, 9.17) is 9.97 Å². The molecule has 0 unspecified atom stereocenters. The molecule has 10 aromatic rings. The molecule has 0 spiro atoms. The van der Waals surface area contributed by atoms with Crippen LogP contribution >= 0.6 is 0 Å². The summed E-state index contributed by atoms with van der Waals surface area (Å²) in [7, 11) is 0. The molecule has 0 N–H and O–H groups in total. The van der Waals surface area contributed by atoms with Crippen molar-refractivity contribution in [3.8, 4) is 0 Å². The van der Waals surface area contributed by atoms with E-state index in [2.05, 4.69) is 158 Å². The van der Waals surface area contributed by atoms with E-state index in [0.29, 0.717) is 0 Å². The zero-order chi connectivity index (χ0) is 35.3. The van der Waals surface area contributed by atoms with Crippen molar-refractivity contribution in [3.05, 3.63) is 179 Å². The van der Waals surface area contributed by atoms with Gasteiger partial charge in [0.1, 0.15) is 0 Å². The van der Waals surface area contributed by atoms with Crippen LogP contribution in [0.4, 0.5) is 0 Å². The number of allylic oxidation sites excluding steroid dienone is 2. The molecule has 0 atom stereocenters. The maximum atomic E-state index is 5.09. The first-order chi connectivity index (χ1) is 26.8. The van der Waals surface area contributed by atoms with E-state index >= 15 is 0 Å². The van der Waals surface area contributed by atoms with Crippen LogP contribution in [0.2, 0.25) is 0 Å². The van der Waals surface area contributed by atoms with Gasteiger partial charge < -0.3 is 0 Å². The van der Waals surface area contributed by atoms with Crippen molar-refractivity contribution in [2.45, 2.75) is 25.7 Å². The maximum absolute atomic E-state index is 5.09. The molecule has 0 bridgehead atoms. The van der Waals surface area contributed by atoms with Gasteiger partial charge in [-0.2, -0.15) is 0 Å². The molecule has 2 aliphatic carbocycles. The van der Waals surface area contributed by atoms with Gasteiger partial charge in [0, 0.05) is 21.5 Å². The highest BCUT2D eigenvalue weighted by Gasteiger charge is 2.27. The van der Waals surface area contributed by atoms with E-state index in [1.165, 1.54) is 98.4 Å². The third kappa shape index (κ3) is 4.22. The average molecular weight is 687 g/mol. The third-order valence-corrected chi connectivity index (χ3v) is 12.2. The lowest BCUT2D eigenvalue weighted by molar-refractivity contribution is 1.02. The SMILES string of the molecule is C1=C(c2c3ccccc3nc3ccccc23)CCc2c1c1c3ccccc3c3c(c1c1ccccc21)C=C(c1c2ccccc2nc2ccccc12)CC3. The highest BCUT2D eigenvalue weighted by atomic mass is 14.7. The number of para-hydroxylation sites is 4. The van der Waals surface area contributed by atoms with E-state index in [1.807, 2.05) is 0 Å². The summed E-state index contributed by atoms with van der Waals surface area (Å²) in [4.78, 5) is 10.2. The smallest absolute Gasteiger partial charge is 0.0715 e. The van der Waals surface area contributed by atoms with E-state index in [0.717, 1.165) is 47.8 Å². The third-order valence-electron chi connectivity index (χ3n) is 12.2. The van der Waals surface area contributed by atoms with Crippen molar-refractivity contribution in [1.82, 2.24) is 9.97 Å². The quantitative estimate of drug-likeness (QED) is 0.134. The first-order valence-corrected chi connectivity index (χ1v) is 19.2. The number of nitrogens with zero attached hydrogens (tertiary/aromatic N) is 2. The van der Waals surface area contributed by atoms with Crippen LogP contribution in [-0.2, 0) is 12.8 Å². The number of hydrogen-bond donors (Lipinski definition) is 0. The molecule has 2 aromatic heterocycles. The molecule has 0 fully saturated rings. The van der Waals surface area contributed by atoms with Crippen molar-refractivity contribution in [2.75, 3.05) is 0 Å². The largest absolute Gasteiger partial charge is 0.248 e. The molecule has 2 aliphatic rings. The van der Waals surface area contributed by atoms with E-state index in [1.54, 1.807) is 0 Å². The Morgan fingerprint density at radius 2 is 0.593 bits per heavy atom. The van der Waals surface area contributed by atoms with Crippen molar-refractivity contribution < 1.29 is 0 Å². The Morgan fingerprint density at radius 1 is 0.296 bits per heavy atom. The molecule has 0 saturated heterocycles. The van der Waals surface area contributed by atoms with E-state index in [-0.39, 0.29) is 0 Å². The zero-order valence-electron chi connectivity index (χ0n) is 29.7. The van der Waals surface area contributed by atoms with Crippen molar-refractivity contribution in [2.24, 2.45) is 0 Å². The Morgan fingerprint density at radius 3 is 0.944 bits per heavy atom. The molecule has 0 radical (unpaired) electrons. The number of rotatable bonds is 2. The standard InChI is InChI=1S/C52H34N2/c1-3-15-37-33(13-1)35-27-25-31(49-39-17-5-9-21-45(39)53-46-22-10-6-18-40(46)49)29-43(35)52-38-16-4-2-14-34(38)36-28-26-32(30-44(36)51(37)52)50-41-19-7-11-23-47(41)54-48-24-12-8-20-42(48)50/h1-24,29-30H,25-28H2. The fourth-order valence-corrected chi connectivity index (χ4v) is 9.98. The number of aromatic nitrogens is 2. The summed E-state index contributed by atoms with van der Waals surface area (Å²) in [6, 6.07) is 53.0. The molecule has 12 rings (SSSR count). The number of benzene rings is 8. The van der Waals surface area contributed by atoms with Crippen molar-refractivity contribution in [1.29, 1.82) is 0 Å². The van der Waals surface area contributed by atoms with Crippen LogP contribution in [0.3, 0.4) is 0 Å². The Hall–Kier alpha value is -6.64. The minimum absolute atomic E-state index is 0.982. The summed E-state index contributed by atoms with van der Waals surface area (Å²) in [5.41, 5.74) is 15.3. The van der Waals surface area contributed by atoms with Crippen LogP contribution in [0.1, 0.15) is 46.2 Å². The molecule has 0 saturated carbocycles. The number of aryl methyl sites for hydroxylation is 2. The minimum atomic E-state index is 0.982. The van der Waals surface area contributed by atoms with Gasteiger partial charge in [-0.1, -0.05) is 133 Å². The van der Waals surface area contributed by atoms with Crippen molar-refractivity contribution >= 4 is 99.2 Å². The molecular weight excluding hydrogens is 653 g/mol. The highest BCUT2D eigenvalue weighted by molar-refractivity contribution is 6.27. The molecule has 252 valence electrons. The summed E-state index contributed by atoms with van der Waals surface area (Å²) in [6.07, 6.45) is 9.05. The van der Waals surface area contributed by atoms with Crippen molar-refractivity contribution in [3.63, 3.8) is 0 Å². The predicted octanol–water partition coefficient (Wildman–Crippen LogP) is 13.5. The average Bonchev–Trinajstić information content (AvgIpc) is 3.24. The van der Waals surface area contributed by atoms with E-state index in [9.17, 15) is 0 Å². The van der Waals surface area contributed by atoms with Crippen LogP contribution in [0.25, 0.3) is 99.2 Å². The Kier molecular flexibility index (Phi) is 6.32. The lowest BCUT2D eigenvalue weighted by Gasteiger charge is -2.28. The molecule has 0 aliphatic heterocycles. The number of hydrogen-bond acceptors (Lipinski definition) is 2. The van der Waals surface area contributed by atoms with Gasteiger partial charge in [-0.15, -0.1) is 0 Å². The van der Waals surface area contributed by atoms with Gasteiger partial charge in [0.05, 0.1) is 22.1 Å². The summed E-state index contributed by atoms with van der Waals surface area (Å²) < 4.78 is 0. The predicted molar refractivity (Wildman–Crippen MR) is 230 cm³/mol. The van der Waals surface area contributed by atoms with Gasteiger partial charge in [-0.25, -0.2) is 9.97 Å². The van der Waals surface area contributed by atoms with E-state index < -0.39 is 0 Å². The van der Waals surface area contributed by atoms with Crippen LogP contribution in [0.15, 0.2) is 146 Å². The molecule has 2 heteroatoms. The first-order valence-electron chi connectivity index (χ1n) is 19.2. The summed E-state index contributed by atoms with van der Waals surface area (Å²) in [6.45, 7) is 0. The van der Waals surface area contributed by atoms with Gasteiger partial charge >= 0.3 is 0 Å². The topological polar surface area (TPSA) is 25.8 Å². The summed E-state index contributed by atoms with van der Waals surface area (Å²) >= 11 is 0. The molecule has 2 nitrogen and oxygen atoms in total. The maximum Gasteiger partial charge on any atom is 0.0715 e. The highest BCUT2D eigenvalue weighted by Crippen LogP contribution is 2.49. The lowest BCUT2D eigenvalue weighted by Crippen LogP contribution is -2.07. The summed E-state index contributed by atoms with van der Waals surface area (Å²) in [5.74, 6) is 0. The van der Waals surface area contributed by atoms with Gasteiger partial charge in [0.15, 0.2) is 0 Å². The normalized spacial score (nSPS) is 14.2. The second-order valence-electron chi connectivity index (χ2n) is 15.0. The molecule has 0 amide bonds. The molecule has 8 aromatic carbocycles. The zero-order valence-corrected chi connectivity index (χ0v) is 29.7. The Balaban J connectivity index is 1.22. The van der Waals surface area contributed by atoms with Crippen LogP contribution in [0.5, 0.6) is 0 Å². The first kappa shape index (κ1) is 29.9. The van der Waals surface area contributed by atoms with Gasteiger partial charge in [0.2, 0.25) is 0 Å². The fraction of sp³-hybridized carbons (Fsp3) is 0.0769. The van der Waals surface area contributed by atoms with Gasteiger partial charge in [0.25, 0.3) is 0 Å². The van der Waals surface area contributed by atoms with Crippen LogP contribution in [-0.4, -0.2) is 9.97 Å². The van der Waals surface area contributed by atoms with Gasteiger partial charge in [-0.05, 0) is 127 Å². The van der Waals surface area contributed by atoms with Crippen LogP contribution in [0, 0.1) is 0 Å². The molecular formula is C52H34N2. The molecule has 54 heavy (non-hydrogen) atoms. The van der Waals surface area contributed by atoms with Gasteiger partial charge in [-0.3, -0.25) is 0 Å². The Bertz CT molecular complexity index is 3000. The lowest BCUT2D eigenvalue weighted by atomic mass is 9.76. The minimum Gasteiger partial charge on any atom is -0.248 e. The summed E-state index contributed by atoms with van der Waals surface area (Å²) in [5, 5.41) is 13.1. The molecule has 2 heterocycles.